The first-order valence-electron chi connectivity index (χ1n) is 9.37. The fourth-order valence-corrected chi connectivity index (χ4v) is 3.88. The van der Waals surface area contributed by atoms with Gasteiger partial charge in [-0.15, -0.1) is 0 Å². The molecular weight excluding hydrogens is 326 g/mol. The zero-order chi connectivity index (χ0) is 17.6. The smallest absolute Gasteiger partial charge is 0.387 e. The van der Waals surface area contributed by atoms with E-state index in [0.717, 1.165) is 43.5 Å². The van der Waals surface area contributed by atoms with Crippen LogP contribution in [0.3, 0.4) is 0 Å². The molecule has 0 amide bonds. The van der Waals surface area contributed by atoms with Gasteiger partial charge in [0.05, 0.1) is 13.2 Å². The summed E-state index contributed by atoms with van der Waals surface area (Å²) < 4.78 is 40.5. The number of benzene rings is 1. The highest BCUT2D eigenvalue weighted by Gasteiger charge is 2.30. The molecule has 1 aromatic carbocycles. The Kier molecular flexibility index (Phi) is 6.65. The van der Waals surface area contributed by atoms with Crippen molar-refractivity contribution in [3.8, 4) is 5.75 Å². The summed E-state index contributed by atoms with van der Waals surface area (Å²) in [6.07, 6.45) is 6.68. The van der Waals surface area contributed by atoms with Crippen molar-refractivity contribution in [1.82, 2.24) is 0 Å². The first-order chi connectivity index (χ1) is 12.1. The predicted octanol–water partition coefficient (Wildman–Crippen LogP) is 5.04. The first kappa shape index (κ1) is 18.6. The van der Waals surface area contributed by atoms with Crippen molar-refractivity contribution in [2.75, 3.05) is 13.2 Å². The Morgan fingerprint density at radius 3 is 2.24 bits per heavy atom. The molecule has 1 heterocycles. The van der Waals surface area contributed by atoms with Gasteiger partial charge >= 0.3 is 6.61 Å². The lowest BCUT2D eigenvalue weighted by molar-refractivity contribution is -0.212. The summed E-state index contributed by atoms with van der Waals surface area (Å²) >= 11 is 0. The van der Waals surface area contributed by atoms with E-state index < -0.39 is 6.61 Å². The quantitative estimate of drug-likeness (QED) is 0.717. The highest BCUT2D eigenvalue weighted by atomic mass is 19.3. The molecule has 1 aliphatic carbocycles. The monoisotopic (exact) mass is 354 g/mol. The average Bonchev–Trinajstić information content (AvgIpc) is 2.62. The van der Waals surface area contributed by atoms with E-state index in [1.54, 1.807) is 12.1 Å². The third kappa shape index (κ3) is 5.65. The van der Waals surface area contributed by atoms with E-state index in [4.69, 9.17) is 9.47 Å². The van der Waals surface area contributed by atoms with E-state index in [-0.39, 0.29) is 12.0 Å². The van der Waals surface area contributed by atoms with Crippen molar-refractivity contribution in [2.45, 2.75) is 58.4 Å². The molecule has 2 aliphatic rings. The van der Waals surface area contributed by atoms with Gasteiger partial charge in [0, 0.05) is 12.3 Å². The second-order valence-electron chi connectivity index (χ2n) is 7.44. The standard InChI is InChI=1S/C20H28F2O3/c1-14-2-7-16(8-3-14)17-12-23-19(24-13-17)11-6-15-4-9-18(10-5-15)25-20(21)22/h4-5,9-10,14,16-17,19-20H,2-3,6-8,11-13H2,1H3. The third-order valence-corrected chi connectivity index (χ3v) is 5.54. The van der Waals surface area contributed by atoms with Crippen LogP contribution in [0.1, 0.15) is 44.6 Å². The molecule has 1 aliphatic heterocycles. The molecule has 1 saturated carbocycles. The van der Waals surface area contributed by atoms with E-state index in [9.17, 15) is 8.78 Å². The highest BCUT2D eigenvalue weighted by Crippen LogP contribution is 2.35. The van der Waals surface area contributed by atoms with Crippen LogP contribution in [0, 0.1) is 17.8 Å². The van der Waals surface area contributed by atoms with Crippen LogP contribution in [0.15, 0.2) is 24.3 Å². The Morgan fingerprint density at radius 1 is 1.00 bits per heavy atom. The minimum atomic E-state index is -2.78. The topological polar surface area (TPSA) is 27.7 Å². The lowest BCUT2D eigenvalue weighted by atomic mass is 9.76. The van der Waals surface area contributed by atoms with Crippen LogP contribution in [-0.2, 0) is 15.9 Å². The molecule has 140 valence electrons. The van der Waals surface area contributed by atoms with Gasteiger partial charge in [0.15, 0.2) is 6.29 Å². The molecule has 0 atom stereocenters. The van der Waals surface area contributed by atoms with Gasteiger partial charge in [-0.05, 0) is 48.8 Å². The van der Waals surface area contributed by atoms with E-state index in [0.29, 0.717) is 5.92 Å². The predicted molar refractivity (Wildman–Crippen MR) is 91.7 cm³/mol. The zero-order valence-electron chi connectivity index (χ0n) is 14.8. The molecule has 0 N–H and O–H groups in total. The van der Waals surface area contributed by atoms with Gasteiger partial charge in [-0.1, -0.05) is 31.9 Å². The van der Waals surface area contributed by atoms with Crippen LogP contribution in [-0.4, -0.2) is 26.1 Å². The molecular formula is C20H28F2O3. The number of hydrogen-bond acceptors (Lipinski definition) is 3. The lowest BCUT2D eigenvalue weighted by Crippen LogP contribution is -2.37. The second kappa shape index (κ2) is 8.95. The maximum atomic E-state index is 12.1. The number of rotatable bonds is 6. The van der Waals surface area contributed by atoms with Gasteiger partial charge in [0.2, 0.25) is 0 Å². The fourth-order valence-electron chi connectivity index (χ4n) is 3.88. The zero-order valence-corrected chi connectivity index (χ0v) is 14.8. The summed E-state index contributed by atoms with van der Waals surface area (Å²) in [7, 11) is 0. The van der Waals surface area contributed by atoms with Crippen LogP contribution in [0.5, 0.6) is 5.75 Å². The van der Waals surface area contributed by atoms with Crippen LogP contribution >= 0.6 is 0 Å². The average molecular weight is 354 g/mol. The molecule has 1 saturated heterocycles. The Balaban J connectivity index is 1.37. The van der Waals surface area contributed by atoms with Crippen molar-refractivity contribution in [1.29, 1.82) is 0 Å². The molecule has 0 spiro atoms. The van der Waals surface area contributed by atoms with E-state index in [2.05, 4.69) is 11.7 Å². The molecule has 0 unspecified atom stereocenters. The molecule has 0 aromatic heterocycles. The summed E-state index contributed by atoms with van der Waals surface area (Å²) in [5.74, 6) is 2.34. The number of alkyl halides is 2. The molecule has 3 rings (SSSR count). The van der Waals surface area contributed by atoms with Gasteiger partial charge in [-0.3, -0.25) is 0 Å². The van der Waals surface area contributed by atoms with Gasteiger partial charge < -0.3 is 14.2 Å². The Bertz CT molecular complexity index is 504. The van der Waals surface area contributed by atoms with Crippen LogP contribution in [0.25, 0.3) is 0 Å². The van der Waals surface area contributed by atoms with Gasteiger partial charge in [0.25, 0.3) is 0 Å². The van der Waals surface area contributed by atoms with E-state index in [1.807, 2.05) is 12.1 Å². The highest BCUT2D eigenvalue weighted by molar-refractivity contribution is 5.27. The normalized spacial score (nSPS) is 30.4. The van der Waals surface area contributed by atoms with Gasteiger partial charge in [0.1, 0.15) is 5.75 Å². The summed E-state index contributed by atoms with van der Waals surface area (Å²) in [5.41, 5.74) is 1.07. The lowest BCUT2D eigenvalue weighted by Gasteiger charge is -2.37. The molecule has 0 bridgehead atoms. The summed E-state index contributed by atoms with van der Waals surface area (Å²) in [5, 5.41) is 0. The fraction of sp³-hybridized carbons (Fsp3) is 0.700. The molecule has 5 heteroatoms. The summed E-state index contributed by atoms with van der Waals surface area (Å²) in [6, 6.07) is 6.77. The second-order valence-corrected chi connectivity index (χ2v) is 7.44. The summed E-state index contributed by atoms with van der Waals surface area (Å²) in [4.78, 5) is 0. The van der Waals surface area contributed by atoms with Crippen LogP contribution < -0.4 is 4.74 Å². The molecule has 1 aromatic rings. The summed E-state index contributed by atoms with van der Waals surface area (Å²) in [6.45, 7) is 1.15. The van der Waals surface area contributed by atoms with Gasteiger partial charge in [-0.2, -0.15) is 8.78 Å². The maximum Gasteiger partial charge on any atom is 0.387 e. The molecule has 3 nitrogen and oxygen atoms in total. The minimum Gasteiger partial charge on any atom is -0.435 e. The first-order valence-corrected chi connectivity index (χ1v) is 9.37. The SMILES string of the molecule is CC1CCC(C2COC(CCc3ccc(OC(F)F)cc3)OC2)CC1. The van der Waals surface area contributed by atoms with Crippen molar-refractivity contribution in [2.24, 2.45) is 17.8 Å². The van der Waals surface area contributed by atoms with Crippen molar-refractivity contribution in [3.63, 3.8) is 0 Å². The van der Waals surface area contributed by atoms with E-state index >= 15 is 0 Å². The van der Waals surface area contributed by atoms with Crippen molar-refractivity contribution in [3.05, 3.63) is 29.8 Å². The Labute approximate surface area is 148 Å². The number of aryl methyl sites for hydroxylation is 1. The van der Waals surface area contributed by atoms with Crippen molar-refractivity contribution < 1.29 is 23.0 Å². The molecule has 25 heavy (non-hydrogen) atoms. The van der Waals surface area contributed by atoms with Crippen LogP contribution in [0.4, 0.5) is 8.78 Å². The number of ether oxygens (including phenoxy) is 3. The Hall–Kier alpha value is -1.20. The molecule has 2 fully saturated rings. The number of hydrogen-bond donors (Lipinski definition) is 0. The third-order valence-electron chi connectivity index (χ3n) is 5.54. The van der Waals surface area contributed by atoms with Crippen LogP contribution in [0.2, 0.25) is 0 Å². The van der Waals surface area contributed by atoms with Gasteiger partial charge in [-0.25, -0.2) is 0 Å². The van der Waals surface area contributed by atoms with E-state index in [1.165, 1.54) is 25.7 Å². The largest absolute Gasteiger partial charge is 0.435 e. The Morgan fingerprint density at radius 2 is 1.64 bits per heavy atom. The minimum absolute atomic E-state index is 0.157. The molecule has 0 radical (unpaired) electrons. The maximum absolute atomic E-state index is 12.1. The van der Waals surface area contributed by atoms with Crippen molar-refractivity contribution >= 4 is 0 Å². The number of halogens is 2.